The van der Waals surface area contributed by atoms with Crippen molar-refractivity contribution in [1.82, 2.24) is 5.32 Å². The zero-order valence-corrected chi connectivity index (χ0v) is 16.7. The molecule has 2 rings (SSSR count). The molecule has 1 atom stereocenters. The van der Waals surface area contributed by atoms with E-state index in [-0.39, 0.29) is 18.9 Å². The molecule has 26 heavy (non-hydrogen) atoms. The summed E-state index contributed by atoms with van der Waals surface area (Å²) in [6, 6.07) is 12.8. The van der Waals surface area contributed by atoms with Crippen LogP contribution in [-0.2, 0) is 9.53 Å². The number of hydrogen-bond acceptors (Lipinski definition) is 3. The molecule has 5 nitrogen and oxygen atoms in total. The van der Waals surface area contributed by atoms with Crippen molar-refractivity contribution in [1.29, 1.82) is 0 Å². The minimum absolute atomic E-state index is 0.109. The third-order valence-electron chi connectivity index (χ3n) is 3.92. The summed E-state index contributed by atoms with van der Waals surface area (Å²) in [7, 11) is 0. The maximum Gasteiger partial charge on any atom is 0.407 e. The maximum absolute atomic E-state index is 12.6. The number of rotatable bonds is 6. The summed E-state index contributed by atoms with van der Waals surface area (Å²) in [6.07, 6.45) is -0.428. The lowest BCUT2D eigenvalue weighted by atomic mass is 10.0. The molecule has 0 unspecified atom stereocenters. The van der Waals surface area contributed by atoms with Crippen LogP contribution in [0.4, 0.5) is 10.5 Å². The Labute approximate surface area is 162 Å². The molecule has 0 aromatic heterocycles. The highest BCUT2D eigenvalue weighted by Gasteiger charge is 2.20. The van der Waals surface area contributed by atoms with E-state index >= 15 is 0 Å². The van der Waals surface area contributed by atoms with E-state index in [1.54, 1.807) is 6.92 Å². The van der Waals surface area contributed by atoms with Crippen LogP contribution >= 0.6 is 15.9 Å². The lowest BCUT2D eigenvalue weighted by molar-refractivity contribution is -0.116. The smallest absolute Gasteiger partial charge is 0.407 e. The van der Waals surface area contributed by atoms with Gasteiger partial charge in [-0.1, -0.05) is 46.3 Å². The van der Waals surface area contributed by atoms with Crippen LogP contribution < -0.4 is 10.6 Å². The molecule has 0 heterocycles. The van der Waals surface area contributed by atoms with E-state index in [9.17, 15) is 9.59 Å². The standard InChI is InChI=1S/C20H23BrN2O3/c1-4-26-20(25)22-17(15-8-6-5-7-9-15)12-18(24)23-19-13(2)10-16(21)11-14(19)3/h5-11,17H,4,12H2,1-3H3,(H,22,25)(H,23,24)/t17-/m1/s1. The first-order chi connectivity index (χ1) is 12.4. The van der Waals surface area contributed by atoms with Crippen molar-refractivity contribution in [2.75, 3.05) is 11.9 Å². The Morgan fingerprint density at radius 2 is 1.73 bits per heavy atom. The number of hydrogen-bond donors (Lipinski definition) is 2. The van der Waals surface area contributed by atoms with Crippen LogP contribution in [0.2, 0.25) is 0 Å². The molecule has 2 aromatic rings. The number of ether oxygens (including phenoxy) is 1. The molecule has 2 amide bonds. The van der Waals surface area contributed by atoms with E-state index in [1.807, 2.05) is 56.3 Å². The first-order valence-corrected chi connectivity index (χ1v) is 9.24. The monoisotopic (exact) mass is 418 g/mol. The molecule has 0 fully saturated rings. The van der Waals surface area contributed by atoms with Crippen LogP contribution in [0.3, 0.4) is 0 Å². The van der Waals surface area contributed by atoms with Crippen LogP contribution in [0.1, 0.15) is 36.1 Å². The summed E-state index contributed by atoms with van der Waals surface area (Å²) >= 11 is 3.45. The van der Waals surface area contributed by atoms with E-state index in [2.05, 4.69) is 26.6 Å². The van der Waals surface area contributed by atoms with Crippen LogP contribution in [-0.4, -0.2) is 18.6 Å². The number of carbonyl (C=O) groups excluding carboxylic acids is 2. The van der Waals surface area contributed by atoms with Gasteiger partial charge in [0.1, 0.15) is 0 Å². The van der Waals surface area contributed by atoms with Crippen molar-refractivity contribution in [3.63, 3.8) is 0 Å². The average molecular weight is 419 g/mol. The van der Waals surface area contributed by atoms with Crippen LogP contribution in [0.5, 0.6) is 0 Å². The Kier molecular flexibility index (Phi) is 7.21. The van der Waals surface area contributed by atoms with Gasteiger partial charge in [-0.15, -0.1) is 0 Å². The quantitative estimate of drug-likeness (QED) is 0.701. The zero-order valence-electron chi connectivity index (χ0n) is 15.1. The highest BCUT2D eigenvalue weighted by Crippen LogP contribution is 2.26. The molecule has 0 aliphatic heterocycles. The Morgan fingerprint density at radius 3 is 2.31 bits per heavy atom. The van der Waals surface area contributed by atoms with Gasteiger partial charge in [0.15, 0.2) is 0 Å². The largest absolute Gasteiger partial charge is 0.450 e. The van der Waals surface area contributed by atoms with Crippen molar-refractivity contribution in [2.24, 2.45) is 0 Å². The van der Waals surface area contributed by atoms with Crippen molar-refractivity contribution in [3.05, 3.63) is 63.6 Å². The van der Waals surface area contributed by atoms with Gasteiger partial charge in [0.05, 0.1) is 19.1 Å². The summed E-state index contributed by atoms with van der Waals surface area (Å²) < 4.78 is 5.93. The zero-order chi connectivity index (χ0) is 19.1. The molecule has 0 aliphatic carbocycles. The summed E-state index contributed by atoms with van der Waals surface area (Å²) in [4.78, 5) is 24.5. The molecule has 138 valence electrons. The second-order valence-corrected chi connectivity index (χ2v) is 6.91. The first-order valence-electron chi connectivity index (χ1n) is 8.45. The van der Waals surface area contributed by atoms with Crippen LogP contribution in [0.15, 0.2) is 46.9 Å². The highest BCUT2D eigenvalue weighted by atomic mass is 79.9. The van der Waals surface area contributed by atoms with Crippen molar-refractivity contribution < 1.29 is 14.3 Å². The number of halogens is 1. The number of anilines is 1. The summed E-state index contributed by atoms with van der Waals surface area (Å²) in [5, 5.41) is 5.72. The van der Waals surface area contributed by atoms with Gasteiger partial charge in [-0.25, -0.2) is 4.79 Å². The van der Waals surface area contributed by atoms with E-state index in [0.29, 0.717) is 0 Å². The lowest BCUT2D eigenvalue weighted by Crippen LogP contribution is -2.32. The van der Waals surface area contributed by atoms with Gasteiger partial charge in [-0.2, -0.15) is 0 Å². The summed E-state index contributed by atoms with van der Waals surface area (Å²) in [6.45, 7) is 5.90. The van der Waals surface area contributed by atoms with Gasteiger partial charge in [-0.3, -0.25) is 4.79 Å². The van der Waals surface area contributed by atoms with Gasteiger partial charge in [0.25, 0.3) is 0 Å². The molecule has 2 aromatic carbocycles. The second-order valence-electron chi connectivity index (χ2n) is 5.99. The summed E-state index contributed by atoms with van der Waals surface area (Å²) in [5.74, 6) is -0.177. The SMILES string of the molecule is CCOC(=O)N[C@H](CC(=O)Nc1c(C)cc(Br)cc1C)c1ccccc1. The van der Waals surface area contributed by atoms with Crippen molar-refractivity contribution >= 4 is 33.6 Å². The van der Waals surface area contributed by atoms with Crippen LogP contribution in [0.25, 0.3) is 0 Å². The van der Waals surface area contributed by atoms with Crippen molar-refractivity contribution in [2.45, 2.75) is 33.2 Å². The third kappa shape index (κ3) is 5.59. The van der Waals surface area contributed by atoms with E-state index in [1.165, 1.54) is 0 Å². The molecule has 0 bridgehead atoms. The number of aryl methyl sites for hydroxylation is 2. The van der Waals surface area contributed by atoms with E-state index < -0.39 is 12.1 Å². The normalized spacial score (nSPS) is 11.5. The van der Waals surface area contributed by atoms with Gasteiger partial charge in [0, 0.05) is 10.2 Å². The third-order valence-corrected chi connectivity index (χ3v) is 4.38. The molecule has 6 heteroatoms. The number of nitrogens with one attached hydrogen (secondary N) is 2. The van der Waals surface area contributed by atoms with Gasteiger partial charge in [0.2, 0.25) is 5.91 Å². The predicted octanol–water partition coefficient (Wildman–Crippen LogP) is 4.88. The fourth-order valence-electron chi connectivity index (χ4n) is 2.74. The Morgan fingerprint density at radius 1 is 1.12 bits per heavy atom. The van der Waals surface area contributed by atoms with E-state index in [0.717, 1.165) is 26.9 Å². The molecule has 0 saturated heterocycles. The molecule has 0 spiro atoms. The minimum Gasteiger partial charge on any atom is -0.450 e. The molecule has 2 N–H and O–H groups in total. The second kappa shape index (κ2) is 9.38. The number of amides is 2. The molecular formula is C20H23BrN2O3. The maximum atomic E-state index is 12.6. The fraction of sp³-hybridized carbons (Fsp3) is 0.300. The topological polar surface area (TPSA) is 67.4 Å². The molecule has 0 saturated carbocycles. The van der Waals surface area contributed by atoms with Crippen LogP contribution in [0, 0.1) is 13.8 Å². The Balaban J connectivity index is 2.15. The molecule has 0 radical (unpaired) electrons. The average Bonchev–Trinajstić information content (AvgIpc) is 2.58. The predicted molar refractivity (Wildman–Crippen MR) is 106 cm³/mol. The Bertz CT molecular complexity index is 755. The minimum atomic E-state index is -0.537. The number of carbonyl (C=O) groups is 2. The summed E-state index contributed by atoms with van der Waals surface area (Å²) in [5.41, 5.74) is 3.58. The number of alkyl carbamates (subject to hydrolysis) is 1. The number of benzene rings is 2. The van der Waals surface area contributed by atoms with Crippen molar-refractivity contribution in [3.8, 4) is 0 Å². The van der Waals surface area contributed by atoms with Gasteiger partial charge in [-0.05, 0) is 49.6 Å². The Hall–Kier alpha value is -2.34. The van der Waals surface area contributed by atoms with Gasteiger partial charge >= 0.3 is 6.09 Å². The highest BCUT2D eigenvalue weighted by molar-refractivity contribution is 9.10. The molecular weight excluding hydrogens is 396 g/mol. The molecule has 0 aliphatic rings. The van der Waals surface area contributed by atoms with E-state index in [4.69, 9.17) is 4.74 Å². The fourth-order valence-corrected chi connectivity index (χ4v) is 3.42. The first kappa shape index (κ1) is 20.0. The lowest BCUT2D eigenvalue weighted by Gasteiger charge is -2.19. The van der Waals surface area contributed by atoms with Gasteiger partial charge < -0.3 is 15.4 Å².